The van der Waals surface area contributed by atoms with Crippen LogP contribution in [0, 0.1) is 5.41 Å². The SMILES string of the molecule is CN(Cc1cc(=O)c2cc(C(N)=O)ccc2[nH]1)CC1(CO)CCCC1. The van der Waals surface area contributed by atoms with Crippen LogP contribution < -0.4 is 11.2 Å². The minimum atomic E-state index is -0.545. The van der Waals surface area contributed by atoms with Gasteiger partial charge in [-0.25, -0.2) is 0 Å². The van der Waals surface area contributed by atoms with Crippen molar-refractivity contribution in [3.8, 4) is 0 Å². The third-order valence-electron chi connectivity index (χ3n) is 5.22. The van der Waals surface area contributed by atoms with Crippen LogP contribution in [0.2, 0.25) is 0 Å². The van der Waals surface area contributed by atoms with E-state index in [1.54, 1.807) is 18.2 Å². The molecule has 1 aromatic heterocycles. The number of amides is 1. The van der Waals surface area contributed by atoms with Crippen molar-refractivity contribution in [2.75, 3.05) is 20.2 Å². The molecule has 0 spiro atoms. The molecule has 1 aromatic carbocycles. The van der Waals surface area contributed by atoms with E-state index < -0.39 is 5.91 Å². The van der Waals surface area contributed by atoms with E-state index in [0.717, 1.165) is 25.1 Å². The molecule has 25 heavy (non-hydrogen) atoms. The largest absolute Gasteiger partial charge is 0.396 e. The number of rotatable bonds is 6. The van der Waals surface area contributed by atoms with Crippen molar-refractivity contribution in [1.29, 1.82) is 0 Å². The molecule has 1 heterocycles. The lowest BCUT2D eigenvalue weighted by Crippen LogP contribution is -2.36. The van der Waals surface area contributed by atoms with Crippen molar-refractivity contribution in [2.45, 2.75) is 32.2 Å². The fraction of sp³-hybridized carbons (Fsp3) is 0.474. The van der Waals surface area contributed by atoms with Crippen LogP contribution in [-0.2, 0) is 6.54 Å². The smallest absolute Gasteiger partial charge is 0.248 e. The standard InChI is InChI=1S/C19H25N3O3/c1-22(11-19(12-23)6-2-3-7-19)10-14-9-17(24)15-8-13(18(20)25)4-5-16(15)21-14/h4-5,8-9,23H,2-3,6-7,10-12H2,1H3,(H2,20,25)(H,21,24). The molecule has 4 N–H and O–H groups in total. The zero-order chi connectivity index (χ0) is 18.0. The number of H-pyrrole nitrogens is 1. The van der Waals surface area contributed by atoms with Crippen LogP contribution in [0.3, 0.4) is 0 Å². The summed E-state index contributed by atoms with van der Waals surface area (Å²) in [5.74, 6) is -0.545. The Hall–Kier alpha value is -2.18. The Morgan fingerprint density at radius 1 is 1.32 bits per heavy atom. The second-order valence-corrected chi connectivity index (χ2v) is 7.32. The maximum atomic E-state index is 12.4. The van der Waals surface area contributed by atoms with Crippen molar-refractivity contribution in [3.63, 3.8) is 0 Å². The Morgan fingerprint density at radius 3 is 2.68 bits per heavy atom. The van der Waals surface area contributed by atoms with E-state index in [1.165, 1.54) is 18.9 Å². The van der Waals surface area contributed by atoms with Crippen molar-refractivity contribution in [2.24, 2.45) is 11.1 Å². The zero-order valence-corrected chi connectivity index (χ0v) is 14.5. The minimum absolute atomic E-state index is 0.0116. The van der Waals surface area contributed by atoms with E-state index in [1.807, 2.05) is 7.05 Å². The lowest BCUT2D eigenvalue weighted by atomic mass is 9.86. The lowest BCUT2D eigenvalue weighted by Gasteiger charge is -2.31. The molecule has 1 amide bonds. The summed E-state index contributed by atoms with van der Waals surface area (Å²) < 4.78 is 0. The van der Waals surface area contributed by atoms with Gasteiger partial charge in [0.05, 0.1) is 0 Å². The first-order valence-electron chi connectivity index (χ1n) is 8.68. The number of aliphatic hydroxyl groups excluding tert-OH is 1. The summed E-state index contributed by atoms with van der Waals surface area (Å²) in [4.78, 5) is 29.1. The number of aliphatic hydroxyl groups is 1. The van der Waals surface area contributed by atoms with Gasteiger partial charge in [-0.05, 0) is 38.1 Å². The van der Waals surface area contributed by atoms with Gasteiger partial charge in [0.1, 0.15) is 0 Å². The molecule has 0 saturated heterocycles. The van der Waals surface area contributed by atoms with Crippen molar-refractivity contribution in [1.82, 2.24) is 9.88 Å². The maximum absolute atomic E-state index is 12.4. The number of primary amides is 1. The van der Waals surface area contributed by atoms with Crippen LogP contribution in [0.1, 0.15) is 41.7 Å². The normalized spacial score (nSPS) is 16.6. The van der Waals surface area contributed by atoms with Gasteiger partial charge in [-0.15, -0.1) is 0 Å². The van der Waals surface area contributed by atoms with Gasteiger partial charge in [0, 0.05) is 53.3 Å². The molecule has 1 aliphatic rings. The number of nitrogens with zero attached hydrogens (tertiary/aromatic N) is 1. The molecule has 3 rings (SSSR count). The van der Waals surface area contributed by atoms with Crippen LogP contribution in [0.25, 0.3) is 10.9 Å². The maximum Gasteiger partial charge on any atom is 0.248 e. The molecule has 0 radical (unpaired) electrons. The number of hydrogen-bond donors (Lipinski definition) is 3. The third kappa shape index (κ3) is 3.75. The summed E-state index contributed by atoms with van der Waals surface area (Å²) in [6.45, 7) is 1.62. The molecule has 0 unspecified atom stereocenters. The number of fused-ring (bicyclic) bond motifs is 1. The van der Waals surface area contributed by atoms with Crippen LogP contribution in [0.15, 0.2) is 29.1 Å². The number of nitrogens with one attached hydrogen (secondary N) is 1. The van der Waals surface area contributed by atoms with Gasteiger partial charge in [0.2, 0.25) is 5.91 Å². The van der Waals surface area contributed by atoms with Gasteiger partial charge in [-0.2, -0.15) is 0 Å². The quantitative estimate of drug-likeness (QED) is 0.742. The number of aromatic amines is 1. The first-order valence-corrected chi connectivity index (χ1v) is 8.68. The number of benzene rings is 1. The highest BCUT2D eigenvalue weighted by Gasteiger charge is 2.34. The topological polar surface area (TPSA) is 99.4 Å². The minimum Gasteiger partial charge on any atom is -0.396 e. The number of pyridine rings is 1. The van der Waals surface area contributed by atoms with Crippen molar-refractivity contribution < 1.29 is 9.90 Å². The molecular formula is C19H25N3O3. The van der Waals surface area contributed by atoms with Gasteiger partial charge < -0.3 is 15.8 Å². The lowest BCUT2D eigenvalue weighted by molar-refractivity contribution is 0.0859. The first-order chi connectivity index (χ1) is 11.9. The van der Waals surface area contributed by atoms with Gasteiger partial charge in [0.25, 0.3) is 0 Å². The first kappa shape index (κ1) is 17.6. The molecule has 0 aliphatic heterocycles. The van der Waals surface area contributed by atoms with Gasteiger partial charge in [0.15, 0.2) is 5.43 Å². The Balaban J connectivity index is 1.81. The molecule has 2 aromatic rings. The molecule has 0 bridgehead atoms. The number of hydrogen-bond acceptors (Lipinski definition) is 4. The highest BCUT2D eigenvalue weighted by Crippen LogP contribution is 2.38. The van der Waals surface area contributed by atoms with E-state index in [0.29, 0.717) is 23.0 Å². The highest BCUT2D eigenvalue weighted by atomic mass is 16.3. The molecule has 1 aliphatic carbocycles. The van der Waals surface area contributed by atoms with E-state index in [4.69, 9.17) is 5.73 Å². The molecule has 1 fully saturated rings. The summed E-state index contributed by atoms with van der Waals surface area (Å²) in [7, 11) is 2.01. The average Bonchev–Trinajstić information content (AvgIpc) is 3.03. The summed E-state index contributed by atoms with van der Waals surface area (Å²) in [5.41, 5.74) is 6.98. The van der Waals surface area contributed by atoms with Crippen LogP contribution in [-0.4, -0.2) is 41.1 Å². The Morgan fingerprint density at radius 2 is 2.04 bits per heavy atom. The molecule has 6 heteroatoms. The number of nitrogens with two attached hydrogens (primary N) is 1. The van der Waals surface area contributed by atoms with Crippen LogP contribution in [0.4, 0.5) is 0 Å². The van der Waals surface area contributed by atoms with E-state index in [-0.39, 0.29) is 17.5 Å². The predicted octanol–water partition coefficient (Wildman–Crippen LogP) is 1.61. The molecule has 0 atom stereocenters. The zero-order valence-electron chi connectivity index (χ0n) is 14.5. The van der Waals surface area contributed by atoms with E-state index in [2.05, 4.69) is 9.88 Å². The monoisotopic (exact) mass is 343 g/mol. The average molecular weight is 343 g/mol. The summed E-state index contributed by atoms with van der Waals surface area (Å²) in [6, 6.07) is 6.44. The van der Waals surface area contributed by atoms with Gasteiger partial charge in [-0.3, -0.25) is 14.5 Å². The van der Waals surface area contributed by atoms with Crippen LogP contribution >= 0.6 is 0 Å². The third-order valence-corrected chi connectivity index (χ3v) is 5.22. The Bertz CT molecular complexity index is 837. The summed E-state index contributed by atoms with van der Waals surface area (Å²) in [6.07, 6.45) is 4.45. The van der Waals surface area contributed by atoms with E-state index >= 15 is 0 Å². The fourth-order valence-corrected chi connectivity index (χ4v) is 3.95. The summed E-state index contributed by atoms with van der Waals surface area (Å²) >= 11 is 0. The molecular weight excluding hydrogens is 318 g/mol. The second kappa shape index (κ2) is 6.98. The predicted molar refractivity (Wildman–Crippen MR) is 97.4 cm³/mol. The van der Waals surface area contributed by atoms with Crippen LogP contribution in [0.5, 0.6) is 0 Å². The number of aromatic nitrogens is 1. The van der Waals surface area contributed by atoms with Crippen molar-refractivity contribution >= 4 is 16.8 Å². The fourth-order valence-electron chi connectivity index (χ4n) is 3.95. The number of carbonyl (C=O) groups excluding carboxylic acids is 1. The van der Waals surface area contributed by atoms with E-state index in [9.17, 15) is 14.7 Å². The molecule has 134 valence electrons. The Kier molecular flexibility index (Phi) is 4.92. The second-order valence-electron chi connectivity index (χ2n) is 7.32. The van der Waals surface area contributed by atoms with Gasteiger partial charge >= 0.3 is 0 Å². The molecule has 1 saturated carbocycles. The van der Waals surface area contributed by atoms with Gasteiger partial charge in [-0.1, -0.05) is 12.8 Å². The Labute approximate surface area is 146 Å². The van der Waals surface area contributed by atoms with Crippen molar-refractivity contribution in [3.05, 3.63) is 45.7 Å². The molecule has 6 nitrogen and oxygen atoms in total. The summed E-state index contributed by atoms with van der Waals surface area (Å²) in [5, 5.41) is 10.2. The number of carbonyl (C=O) groups is 1. The highest BCUT2D eigenvalue weighted by molar-refractivity contribution is 5.96.